The average molecular weight is 311 g/mol. The second kappa shape index (κ2) is 6.02. The van der Waals surface area contributed by atoms with Crippen LogP contribution in [0.2, 0.25) is 0 Å². The molecule has 22 heavy (non-hydrogen) atoms. The lowest BCUT2D eigenvalue weighted by atomic mass is 10.0. The van der Waals surface area contributed by atoms with E-state index in [9.17, 15) is 9.18 Å². The number of aliphatic imine (C=N–C) groups is 1. The number of hydrogen-bond donors (Lipinski definition) is 0. The van der Waals surface area contributed by atoms with Gasteiger partial charge in [0.2, 0.25) is 0 Å². The van der Waals surface area contributed by atoms with E-state index in [1.165, 1.54) is 18.2 Å². The minimum atomic E-state index is -0.456. The Balaban J connectivity index is 2.20. The van der Waals surface area contributed by atoms with Crippen molar-refractivity contribution in [1.82, 2.24) is 0 Å². The number of nitrogens with zero attached hydrogens (tertiary/aromatic N) is 1. The van der Waals surface area contributed by atoms with Gasteiger partial charge in [-0.1, -0.05) is 24.3 Å². The quantitative estimate of drug-likeness (QED) is 0.413. The molecule has 0 atom stereocenters. The number of benzene rings is 2. The first-order chi connectivity index (χ1) is 10.7. The zero-order valence-corrected chi connectivity index (χ0v) is 12.2. The van der Waals surface area contributed by atoms with Crippen LogP contribution in [0.25, 0.3) is 22.1 Å². The topological polar surface area (TPSA) is 42.6 Å². The molecule has 0 N–H and O–H groups in total. The second-order valence-corrected chi connectivity index (χ2v) is 4.91. The fraction of sp³-hybridized carbons (Fsp3) is 0.0588. The molecule has 0 saturated heterocycles. The molecule has 0 saturated carbocycles. The van der Waals surface area contributed by atoms with Gasteiger partial charge >= 0.3 is 5.63 Å². The van der Waals surface area contributed by atoms with Crippen LogP contribution in [0.4, 0.5) is 4.39 Å². The first kappa shape index (κ1) is 14.3. The third-order valence-electron chi connectivity index (χ3n) is 3.29. The number of hydrogen-bond acceptors (Lipinski definition) is 4. The maximum atomic E-state index is 13.1. The van der Waals surface area contributed by atoms with Gasteiger partial charge in [0.15, 0.2) is 0 Å². The van der Waals surface area contributed by atoms with Gasteiger partial charge in [0.25, 0.3) is 0 Å². The van der Waals surface area contributed by atoms with Crippen LogP contribution >= 0.6 is 12.2 Å². The van der Waals surface area contributed by atoms with E-state index in [0.29, 0.717) is 17.7 Å². The van der Waals surface area contributed by atoms with Gasteiger partial charge in [-0.15, -0.1) is 0 Å². The molecule has 0 aliphatic carbocycles. The summed E-state index contributed by atoms with van der Waals surface area (Å²) >= 11 is 4.54. The average Bonchev–Trinajstić information content (AvgIpc) is 2.52. The molecule has 0 fully saturated rings. The van der Waals surface area contributed by atoms with E-state index in [0.717, 1.165) is 16.5 Å². The Labute approximate surface area is 130 Å². The lowest BCUT2D eigenvalue weighted by molar-refractivity contribution is 0.561. The van der Waals surface area contributed by atoms with Gasteiger partial charge in [-0.2, -0.15) is 0 Å². The number of halogens is 1. The minimum Gasteiger partial charge on any atom is -0.423 e. The van der Waals surface area contributed by atoms with Crippen molar-refractivity contribution >= 4 is 28.3 Å². The number of isothiocyanates is 1. The summed E-state index contributed by atoms with van der Waals surface area (Å²) < 4.78 is 18.3. The maximum absolute atomic E-state index is 13.1. The highest BCUT2D eigenvalue weighted by molar-refractivity contribution is 7.78. The molecule has 108 valence electrons. The van der Waals surface area contributed by atoms with Gasteiger partial charge < -0.3 is 4.42 Å². The van der Waals surface area contributed by atoms with Crippen LogP contribution in [0, 0.1) is 5.82 Å². The highest BCUT2D eigenvalue weighted by Gasteiger charge is 2.08. The molecule has 0 unspecified atom stereocenters. The fourth-order valence-electron chi connectivity index (χ4n) is 2.30. The van der Waals surface area contributed by atoms with Crippen LogP contribution < -0.4 is 5.63 Å². The number of thiocarbonyl (C=S) groups is 1. The minimum absolute atomic E-state index is 0.323. The lowest BCUT2D eigenvalue weighted by Crippen LogP contribution is -1.98. The highest BCUT2D eigenvalue weighted by Crippen LogP contribution is 2.28. The Morgan fingerprint density at radius 3 is 2.64 bits per heavy atom. The second-order valence-electron chi connectivity index (χ2n) is 4.72. The van der Waals surface area contributed by atoms with E-state index >= 15 is 0 Å². The smallest absolute Gasteiger partial charge is 0.336 e. The Hall–Kier alpha value is -2.62. The van der Waals surface area contributed by atoms with Gasteiger partial charge in [0.1, 0.15) is 11.4 Å². The van der Waals surface area contributed by atoms with E-state index in [4.69, 9.17) is 4.42 Å². The Morgan fingerprint density at radius 2 is 1.91 bits per heavy atom. The predicted molar refractivity (Wildman–Crippen MR) is 86.6 cm³/mol. The van der Waals surface area contributed by atoms with Gasteiger partial charge in [-0.05, 0) is 47.1 Å². The Morgan fingerprint density at radius 1 is 1.14 bits per heavy atom. The summed E-state index contributed by atoms with van der Waals surface area (Å²) in [6.07, 6.45) is 0. The molecule has 0 spiro atoms. The molecule has 1 heterocycles. The Kier molecular flexibility index (Phi) is 3.92. The molecule has 3 aromatic rings. The molecule has 0 radical (unpaired) electrons. The van der Waals surface area contributed by atoms with Gasteiger partial charge in [-0.3, -0.25) is 0 Å². The van der Waals surface area contributed by atoms with Crippen molar-refractivity contribution in [2.24, 2.45) is 4.99 Å². The molecule has 2 aromatic carbocycles. The largest absolute Gasteiger partial charge is 0.423 e. The SMILES string of the molecule is O=c1cc(-c2ccc(F)cc2)c2ccc(CN=C=S)cc2o1. The third kappa shape index (κ3) is 2.86. The monoisotopic (exact) mass is 311 g/mol. The van der Waals surface area contributed by atoms with Crippen molar-refractivity contribution in [3.05, 3.63) is 70.3 Å². The first-order valence-corrected chi connectivity index (χ1v) is 6.94. The van der Waals surface area contributed by atoms with Gasteiger partial charge in [0.05, 0.1) is 11.7 Å². The molecular weight excluding hydrogens is 301 g/mol. The number of fused-ring (bicyclic) bond motifs is 1. The van der Waals surface area contributed by atoms with E-state index in [1.807, 2.05) is 12.1 Å². The summed E-state index contributed by atoms with van der Waals surface area (Å²) in [4.78, 5) is 15.6. The van der Waals surface area contributed by atoms with E-state index in [2.05, 4.69) is 22.4 Å². The van der Waals surface area contributed by atoms with Crippen molar-refractivity contribution in [3.8, 4) is 11.1 Å². The van der Waals surface area contributed by atoms with Crippen molar-refractivity contribution < 1.29 is 8.81 Å². The molecule has 3 nitrogen and oxygen atoms in total. The zero-order valence-electron chi connectivity index (χ0n) is 11.4. The van der Waals surface area contributed by atoms with Gasteiger partial charge in [0, 0.05) is 11.5 Å². The van der Waals surface area contributed by atoms with Crippen molar-refractivity contribution in [2.75, 3.05) is 0 Å². The predicted octanol–water partition coefficient (Wildman–Crippen LogP) is 4.20. The van der Waals surface area contributed by atoms with E-state index in [1.54, 1.807) is 18.2 Å². The molecule has 0 amide bonds. The third-order valence-corrected chi connectivity index (χ3v) is 3.42. The molecular formula is C17H10FNO2S. The van der Waals surface area contributed by atoms with Crippen molar-refractivity contribution in [2.45, 2.75) is 6.54 Å². The van der Waals surface area contributed by atoms with Crippen LogP contribution in [0.3, 0.4) is 0 Å². The summed E-state index contributed by atoms with van der Waals surface area (Å²) in [5, 5.41) is 3.08. The zero-order chi connectivity index (χ0) is 15.5. The van der Waals surface area contributed by atoms with Crippen molar-refractivity contribution in [1.29, 1.82) is 0 Å². The lowest BCUT2D eigenvalue weighted by Gasteiger charge is -2.06. The summed E-state index contributed by atoms with van der Waals surface area (Å²) in [7, 11) is 0. The summed E-state index contributed by atoms with van der Waals surface area (Å²) in [6.45, 7) is 0.379. The van der Waals surface area contributed by atoms with Gasteiger partial charge in [-0.25, -0.2) is 14.2 Å². The molecule has 0 bridgehead atoms. The van der Waals surface area contributed by atoms with Crippen LogP contribution in [-0.2, 0) is 6.54 Å². The maximum Gasteiger partial charge on any atom is 0.336 e. The molecule has 0 aliphatic rings. The fourth-order valence-corrected chi connectivity index (χ4v) is 2.36. The molecule has 3 rings (SSSR count). The van der Waals surface area contributed by atoms with Crippen LogP contribution in [0.15, 0.2) is 62.7 Å². The first-order valence-electron chi connectivity index (χ1n) is 6.54. The summed E-state index contributed by atoms with van der Waals surface area (Å²) in [6, 6.07) is 12.9. The van der Waals surface area contributed by atoms with Crippen LogP contribution in [0.1, 0.15) is 5.56 Å². The Bertz CT molecular complexity index is 941. The van der Waals surface area contributed by atoms with Crippen LogP contribution in [-0.4, -0.2) is 5.16 Å². The molecule has 5 heteroatoms. The molecule has 1 aromatic heterocycles. The summed E-state index contributed by atoms with van der Waals surface area (Å²) in [5.41, 5.74) is 2.33. The van der Waals surface area contributed by atoms with E-state index < -0.39 is 5.63 Å². The van der Waals surface area contributed by atoms with E-state index in [-0.39, 0.29) is 5.82 Å². The number of rotatable bonds is 3. The summed E-state index contributed by atoms with van der Waals surface area (Å²) in [5.74, 6) is -0.323. The highest BCUT2D eigenvalue weighted by atomic mass is 32.1. The standard InChI is InChI=1S/C17H10FNO2S/c18-13-4-2-12(3-5-13)15-8-17(20)21-16-7-11(9-19-10-22)1-6-14(15)16/h1-8H,9H2. The van der Waals surface area contributed by atoms with Crippen LogP contribution in [0.5, 0.6) is 0 Å². The normalized spacial score (nSPS) is 10.4. The molecule has 0 aliphatic heterocycles. The van der Waals surface area contributed by atoms with Crippen molar-refractivity contribution in [3.63, 3.8) is 0 Å².